The number of carbonyl (C=O) groups is 1. The van der Waals surface area contributed by atoms with Crippen molar-refractivity contribution in [2.24, 2.45) is 0 Å². The van der Waals surface area contributed by atoms with Crippen molar-refractivity contribution in [2.45, 2.75) is 26.7 Å². The zero-order valence-corrected chi connectivity index (χ0v) is 13.6. The van der Waals surface area contributed by atoms with E-state index in [9.17, 15) is 4.79 Å². The lowest BCUT2D eigenvalue weighted by molar-refractivity contribution is 0.0948. The van der Waals surface area contributed by atoms with E-state index < -0.39 is 0 Å². The summed E-state index contributed by atoms with van der Waals surface area (Å²) in [4.78, 5) is 24.6. The van der Waals surface area contributed by atoms with E-state index in [0.717, 1.165) is 18.4 Å². The zero-order chi connectivity index (χ0) is 16.9. The number of nitrogens with one attached hydrogen (secondary N) is 1. The van der Waals surface area contributed by atoms with Crippen molar-refractivity contribution >= 4 is 5.91 Å². The van der Waals surface area contributed by atoms with E-state index in [0.29, 0.717) is 29.8 Å². The van der Waals surface area contributed by atoms with E-state index in [1.807, 2.05) is 0 Å². The molecule has 1 amide bonds. The second kappa shape index (κ2) is 7.03. The molecule has 3 aromatic heterocycles. The fourth-order valence-corrected chi connectivity index (χ4v) is 2.14. The van der Waals surface area contributed by atoms with Crippen molar-refractivity contribution < 1.29 is 9.32 Å². The highest BCUT2D eigenvalue weighted by Gasteiger charge is 2.12. The van der Waals surface area contributed by atoms with Crippen LogP contribution in [0.15, 0.2) is 35.4 Å². The first-order chi connectivity index (χ1) is 11.7. The van der Waals surface area contributed by atoms with E-state index >= 15 is 0 Å². The van der Waals surface area contributed by atoms with Crippen LogP contribution in [0.2, 0.25) is 0 Å². The molecule has 0 bridgehead atoms. The van der Waals surface area contributed by atoms with Gasteiger partial charge in [0, 0.05) is 24.5 Å². The topological polar surface area (TPSA) is 98.7 Å². The first-order valence-corrected chi connectivity index (χ1v) is 7.76. The fourth-order valence-electron chi connectivity index (χ4n) is 2.14. The maximum Gasteiger partial charge on any atom is 0.271 e. The average molecular weight is 326 g/mol. The van der Waals surface area contributed by atoms with Crippen LogP contribution < -0.4 is 5.32 Å². The minimum Gasteiger partial charge on any atom is -0.351 e. The minimum atomic E-state index is -0.189. The Morgan fingerprint density at radius 1 is 1.38 bits per heavy atom. The fraction of sp³-hybridized carbons (Fsp3) is 0.312. The molecule has 0 radical (unpaired) electrons. The molecule has 0 aliphatic carbocycles. The summed E-state index contributed by atoms with van der Waals surface area (Å²) in [6, 6.07) is 3.58. The number of hydrogen-bond donors (Lipinski definition) is 1. The Bertz CT molecular complexity index is 838. The van der Waals surface area contributed by atoms with Crippen LogP contribution >= 0.6 is 0 Å². The third-order valence-electron chi connectivity index (χ3n) is 3.42. The van der Waals surface area contributed by atoms with Crippen molar-refractivity contribution in [3.05, 3.63) is 42.4 Å². The van der Waals surface area contributed by atoms with Crippen LogP contribution in [-0.4, -0.2) is 37.1 Å². The standard InChI is InChI=1S/C16H18N6O2/c1-3-4-6-18-15(23)13-9-22(10-19-13)14-8-12(5-7-17-14)16-20-11(2)21-24-16/h5,7-10H,3-4,6H2,1-2H3,(H,18,23). The Kier molecular flexibility index (Phi) is 4.64. The molecular weight excluding hydrogens is 308 g/mol. The summed E-state index contributed by atoms with van der Waals surface area (Å²) in [7, 11) is 0. The number of unbranched alkanes of at least 4 members (excludes halogenated alkanes) is 1. The molecule has 0 aliphatic heterocycles. The van der Waals surface area contributed by atoms with Gasteiger partial charge in [-0.3, -0.25) is 9.36 Å². The van der Waals surface area contributed by atoms with Crippen LogP contribution in [0, 0.1) is 6.92 Å². The number of pyridine rings is 1. The summed E-state index contributed by atoms with van der Waals surface area (Å²) >= 11 is 0. The summed E-state index contributed by atoms with van der Waals surface area (Å²) in [5.74, 6) is 1.42. The summed E-state index contributed by atoms with van der Waals surface area (Å²) in [6.07, 6.45) is 6.82. The normalized spacial score (nSPS) is 10.8. The predicted molar refractivity (Wildman–Crippen MR) is 86.6 cm³/mol. The summed E-state index contributed by atoms with van der Waals surface area (Å²) in [5.41, 5.74) is 1.11. The smallest absolute Gasteiger partial charge is 0.271 e. The Labute approximate surface area is 138 Å². The number of imidazole rings is 1. The number of nitrogens with zero attached hydrogens (tertiary/aromatic N) is 5. The second-order valence-electron chi connectivity index (χ2n) is 5.33. The second-order valence-corrected chi connectivity index (χ2v) is 5.33. The molecule has 0 fully saturated rings. The number of carbonyl (C=O) groups excluding carboxylic acids is 1. The molecule has 0 atom stereocenters. The van der Waals surface area contributed by atoms with Gasteiger partial charge >= 0.3 is 0 Å². The molecule has 0 aromatic carbocycles. The molecule has 0 saturated heterocycles. The van der Waals surface area contributed by atoms with E-state index in [2.05, 4.69) is 32.3 Å². The van der Waals surface area contributed by atoms with Gasteiger partial charge in [-0.1, -0.05) is 18.5 Å². The molecule has 8 nitrogen and oxygen atoms in total. The van der Waals surface area contributed by atoms with Gasteiger partial charge in [-0.25, -0.2) is 9.97 Å². The minimum absolute atomic E-state index is 0.189. The van der Waals surface area contributed by atoms with Crippen molar-refractivity contribution in [1.82, 2.24) is 30.0 Å². The summed E-state index contributed by atoms with van der Waals surface area (Å²) < 4.78 is 6.84. The predicted octanol–water partition coefficient (Wildman–Crippen LogP) is 2.16. The van der Waals surface area contributed by atoms with Crippen LogP contribution in [0.1, 0.15) is 36.1 Å². The number of amides is 1. The van der Waals surface area contributed by atoms with Gasteiger partial charge in [0.25, 0.3) is 11.8 Å². The largest absolute Gasteiger partial charge is 0.351 e. The molecule has 3 aromatic rings. The van der Waals surface area contributed by atoms with Crippen LogP contribution in [0.5, 0.6) is 0 Å². The molecule has 124 valence electrons. The van der Waals surface area contributed by atoms with E-state index in [1.165, 1.54) is 0 Å². The van der Waals surface area contributed by atoms with E-state index in [-0.39, 0.29) is 5.91 Å². The van der Waals surface area contributed by atoms with E-state index in [1.54, 1.807) is 42.3 Å². The third kappa shape index (κ3) is 3.48. The van der Waals surface area contributed by atoms with Gasteiger partial charge in [0.15, 0.2) is 5.82 Å². The van der Waals surface area contributed by atoms with Gasteiger partial charge in [0.2, 0.25) is 0 Å². The molecule has 0 saturated carbocycles. The molecular formula is C16H18N6O2. The monoisotopic (exact) mass is 326 g/mol. The van der Waals surface area contributed by atoms with Crippen molar-refractivity contribution in [3.8, 4) is 17.3 Å². The SMILES string of the molecule is CCCCNC(=O)c1cn(-c2cc(-c3nc(C)no3)ccn2)cn1. The molecule has 0 aliphatic rings. The van der Waals surface area contributed by atoms with Gasteiger partial charge in [0.05, 0.1) is 0 Å². The number of rotatable bonds is 6. The molecule has 3 rings (SSSR count). The van der Waals surface area contributed by atoms with E-state index in [4.69, 9.17) is 4.52 Å². The van der Waals surface area contributed by atoms with Crippen molar-refractivity contribution in [3.63, 3.8) is 0 Å². The van der Waals surface area contributed by atoms with Crippen molar-refractivity contribution in [2.75, 3.05) is 6.54 Å². The van der Waals surface area contributed by atoms with Gasteiger partial charge in [-0.2, -0.15) is 4.98 Å². The van der Waals surface area contributed by atoms with Crippen LogP contribution in [0.25, 0.3) is 17.3 Å². The van der Waals surface area contributed by atoms with Gasteiger partial charge in [0.1, 0.15) is 17.8 Å². The zero-order valence-electron chi connectivity index (χ0n) is 13.6. The Morgan fingerprint density at radius 2 is 2.25 bits per heavy atom. The molecule has 3 heterocycles. The Morgan fingerprint density at radius 3 is 3.00 bits per heavy atom. The molecule has 8 heteroatoms. The van der Waals surface area contributed by atoms with Crippen LogP contribution in [-0.2, 0) is 0 Å². The van der Waals surface area contributed by atoms with Gasteiger partial charge < -0.3 is 9.84 Å². The number of hydrogen-bond acceptors (Lipinski definition) is 6. The van der Waals surface area contributed by atoms with Crippen LogP contribution in [0.4, 0.5) is 0 Å². The van der Waals surface area contributed by atoms with Crippen molar-refractivity contribution in [1.29, 1.82) is 0 Å². The van der Waals surface area contributed by atoms with Gasteiger partial charge in [-0.05, 0) is 25.5 Å². The highest BCUT2D eigenvalue weighted by atomic mass is 16.5. The molecule has 24 heavy (non-hydrogen) atoms. The first kappa shape index (κ1) is 15.9. The summed E-state index contributed by atoms with van der Waals surface area (Å²) in [5, 5.41) is 6.62. The quantitative estimate of drug-likeness (QED) is 0.697. The lowest BCUT2D eigenvalue weighted by atomic mass is 10.2. The third-order valence-corrected chi connectivity index (χ3v) is 3.42. The average Bonchev–Trinajstić information content (AvgIpc) is 3.24. The Hall–Kier alpha value is -3.03. The number of aryl methyl sites for hydroxylation is 1. The highest BCUT2D eigenvalue weighted by Crippen LogP contribution is 2.19. The molecule has 1 N–H and O–H groups in total. The summed E-state index contributed by atoms with van der Waals surface area (Å²) in [6.45, 7) is 4.48. The number of aromatic nitrogens is 5. The first-order valence-electron chi connectivity index (χ1n) is 7.76. The molecule has 0 spiro atoms. The maximum absolute atomic E-state index is 12.0. The lowest BCUT2D eigenvalue weighted by Crippen LogP contribution is -2.24. The highest BCUT2D eigenvalue weighted by molar-refractivity contribution is 5.92. The van der Waals surface area contributed by atoms with Crippen LogP contribution in [0.3, 0.4) is 0 Å². The Balaban J connectivity index is 1.79. The van der Waals surface area contributed by atoms with Gasteiger partial charge in [-0.15, -0.1) is 0 Å². The lowest BCUT2D eigenvalue weighted by Gasteiger charge is -2.02. The molecule has 0 unspecified atom stereocenters. The maximum atomic E-state index is 12.0.